The summed E-state index contributed by atoms with van der Waals surface area (Å²) in [6.07, 6.45) is 0. The standard InChI is InChI=1S/C8H8ClF2N.ClH/c1-4(12)5-2-6(9)8(11)3-7(5)10;/h2-4H,12H2,1H3;1H/t4-;/m1./s1. The van der Waals surface area contributed by atoms with Gasteiger partial charge in [-0.15, -0.1) is 12.4 Å². The van der Waals surface area contributed by atoms with Gasteiger partial charge in [-0.3, -0.25) is 0 Å². The molecular formula is C8H9Cl2F2N. The fourth-order valence-electron chi connectivity index (χ4n) is 0.887. The molecule has 0 amide bonds. The highest BCUT2D eigenvalue weighted by Gasteiger charge is 2.10. The molecule has 1 rings (SSSR count). The molecule has 1 aromatic rings. The fraction of sp³-hybridized carbons (Fsp3) is 0.250. The van der Waals surface area contributed by atoms with E-state index in [1.54, 1.807) is 6.92 Å². The summed E-state index contributed by atoms with van der Waals surface area (Å²) < 4.78 is 25.5. The number of rotatable bonds is 1. The molecule has 74 valence electrons. The Morgan fingerprint density at radius 3 is 2.31 bits per heavy atom. The Balaban J connectivity index is 0.00000144. The first-order valence-corrected chi connectivity index (χ1v) is 3.80. The molecule has 0 saturated heterocycles. The lowest BCUT2D eigenvalue weighted by Gasteiger charge is -2.07. The Labute approximate surface area is 86.3 Å². The summed E-state index contributed by atoms with van der Waals surface area (Å²) in [5.74, 6) is -1.43. The van der Waals surface area contributed by atoms with Gasteiger partial charge in [-0.1, -0.05) is 11.6 Å². The second kappa shape index (κ2) is 4.74. The van der Waals surface area contributed by atoms with Gasteiger partial charge < -0.3 is 5.73 Å². The van der Waals surface area contributed by atoms with E-state index >= 15 is 0 Å². The van der Waals surface area contributed by atoms with E-state index in [1.165, 1.54) is 6.07 Å². The third kappa shape index (κ3) is 2.79. The maximum absolute atomic E-state index is 12.9. The molecule has 0 aliphatic heterocycles. The lowest BCUT2D eigenvalue weighted by molar-refractivity contribution is 0.562. The van der Waals surface area contributed by atoms with Gasteiger partial charge in [0.15, 0.2) is 0 Å². The molecule has 1 atom stereocenters. The Morgan fingerprint density at radius 2 is 1.85 bits per heavy atom. The normalized spacial score (nSPS) is 12.1. The van der Waals surface area contributed by atoms with Crippen LogP contribution in [-0.4, -0.2) is 0 Å². The molecule has 0 fully saturated rings. The third-order valence-electron chi connectivity index (χ3n) is 1.53. The number of nitrogens with two attached hydrogens (primary N) is 1. The Kier molecular flexibility index (Phi) is 4.61. The first-order chi connectivity index (χ1) is 5.52. The van der Waals surface area contributed by atoms with Gasteiger partial charge >= 0.3 is 0 Å². The summed E-state index contributed by atoms with van der Waals surface area (Å²) in [7, 11) is 0. The minimum absolute atomic E-state index is 0. The average Bonchev–Trinajstić information content (AvgIpc) is 1.96. The van der Waals surface area contributed by atoms with Crippen LogP contribution in [0.4, 0.5) is 8.78 Å². The number of hydrogen-bond donors (Lipinski definition) is 1. The zero-order valence-corrected chi connectivity index (χ0v) is 8.42. The maximum atomic E-state index is 12.9. The topological polar surface area (TPSA) is 26.0 Å². The van der Waals surface area contributed by atoms with E-state index in [0.29, 0.717) is 0 Å². The number of hydrogen-bond acceptors (Lipinski definition) is 1. The van der Waals surface area contributed by atoms with Crippen molar-refractivity contribution in [3.63, 3.8) is 0 Å². The molecule has 0 bridgehead atoms. The smallest absolute Gasteiger partial charge is 0.144 e. The van der Waals surface area contributed by atoms with Crippen LogP contribution in [0, 0.1) is 11.6 Å². The van der Waals surface area contributed by atoms with Crippen molar-refractivity contribution in [2.75, 3.05) is 0 Å². The second-order valence-electron chi connectivity index (χ2n) is 2.58. The zero-order chi connectivity index (χ0) is 9.30. The predicted octanol–water partition coefficient (Wildman–Crippen LogP) is 3.06. The first-order valence-electron chi connectivity index (χ1n) is 3.42. The molecule has 0 unspecified atom stereocenters. The van der Waals surface area contributed by atoms with Crippen LogP contribution >= 0.6 is 24.0 Å². The van der Waals surface area contributed by atoms with Gasteiger partial charge in [0.1, 0.15) is 11.6 Å². The van der Waals surface area contributed by atoms with Crippen molar-refractivity contribution in [2.24, 2.45) is 5.73 Å². The molecular weight excluding hydrogens is 219 g/mol. The maximum Gasteiger partial charge on any atom is 0.144 e. The van der Waals surface area contributed by atoms with Crippen molar-refractivity contribution in [3.8, 4) is 0 Å². The van der Waals surface area contributed by atoms with Gasteiger partial charge in [0.25, 0.3) is 0 Å². The van der Waals surface area contributed by atoms with Crippen LogP contribution in [0.15, 0.2) is 12.1 Å². The highest BCUT2D eigenvalue weighted by atomic mass is 35.5. The van der Waals surface area contributed by atoms with Gasteiger partial charge in [0.2, 0.25) is 0 Å². The van der Waals surface area contributed by atoms with Crippen molar-refractivity contribution < 1.29 is 8.78 Å². The van der Waals surface area contributed by atoms with Crippen molar-refractivity contribution >= 4 is 24.0 Å². The molecule has 0 saturated carbocycles. The third-order valence-corrected chi connectivity index (χ3v) is 1.82. The molecule has 13 heavy (non-hydrogen) atoms. The van der Waals surface area contributed by atoms with Crippen LogP contribution in [0.3, 0.4) is 0 Å². The molecule has 0 radical (unpaired) electrons. The van der Waals surface area contributed by atoms with Gasteiger partial charge in [-0.05, 0) is 13.0 Å². The molecule has 5 heteroatoms. The van der Waals surface area contributed by atoms with E-state index in [-0.39, 0.29) is 23.0 Å². The van der Waals surface area contributed by atoms with E-state index in [9.17, 15) is 8.78 Å². The highest BCUT2D eigenvalue weighted by Crippen LogP contribution is 2.22. The van der Waals surface area contributed by atoms with Gasteiger partial charge in [-0.2, -0.15) is 0 Å². The lowest BCUT2D eigenvalue weighted by Crippen LogP contribution is -2.07. The minimum atomic E-state index is -0.765. The molecule has 2 N–H and O–H groups in total. The Morgan fingerprint density at radius 1 is 1.31 bits per heavy atom. The SMILES string of the molecule is C[C@@H](N)c1cc(Cl)c(F)cc1F.Cl. The van der Waals surface area contributed by atoms with Crippen molar-refractivity contribution in [3.05, 3.63) is 34.4 Å². The van der Waals surface area contributed by atoms with Crippen LogP contribution in [0.5, 0.6) is 0 Å². The van der Waals surface area contributed by atoms with Crippen molar-refractivity contribution in [1.82, 2.24) is 0 Å². The summed E-state index contributed by atoms with van der Waals surface area (Å²) in [4.78, 5) is 0. The Bertz CT molecular complexity index is 302. The van der Waals surface area contributed by atoms with Crippen LogP contribution in [-0.2, 0) is 0 Å². The molecule has 0 spiro atoms. The van der Waals surface area contributed by atoms with Gasteiger partial charge in [0, 0.05) is 17.7 Å². The summed E-state index contributed by atoms with van der Waals surface area (Å²) >= 11 is 5.43. The van der Waals surface area contributed by atoms with E-state index in [2.05, 4.69) is 0 Å². The molecule has 0 aliphatic rings. The second-order valence-corrected chi connectivity index (χ2v) is 2.98. The number of halogens is 4. The summed E-state index contributed by atoms with van der Waals surface area (Å²) in [6.45, 7) is 1.60. The van der Waals surface area contributed by atoms with Crippen molar-refractivity contribution in [1.29, 1.82) is 0 Å². The van der Waals surface area contributed by atoms with E-state index in [1.807, 2.05) is 0 Å². The van der Waals surface area contributed by atoms with E-state index in [0.717, 1.165) is 6.07 Å². The predicted molar refractivity (Wildman–Crippen MR) is 51.2 cm³/mol. The van der Waals surface area contributed by atoms with Crippen LogP contribution < -0.4 is 5.73 Å². The summed E-state index contributed by atoms with van der Waals surface area (Å²) in [5, 5.41) is -0.108. The average molecular weight is 228 g/mol. The van der Waals surface area contributed by atoms with Crippen LogP contribution in [0.1, 0.15) is 18.5 Å². The fourth-order valence-corrected chi connectivity index (χ4v) is 1.06. The van der Waals surface area contributed by atoms with Gasteiger partial charge in [0.05, 0.1) is 5.02 Å². The van der Waals surface area contributed by atoms with Crippen molar-refractivity contribution in [2.45, 2.75) is 13.0 Å². The molecule has 0 aliphatic carbocycles. The molecule has 0 heterocycles. The molecule has 0 aromatic heterocycles. The number of benzene rings is 1. The zero-order valence-electron chi connectivity index (χ0n) is 6.85. The monoisotopic (exact) mass is 227 g/mol. The largest absolute Gasteiger partial charge is 0.324 e. The lowest BCUT2D eigenvalue weighted by atomic mass is 10.1. The van der Waals surface area contributed by atoms with Crippen LogP contribution in [0.2, 0.25) is 5.02 Å². The summed E-state index contributed by atoms with van der Waals surface area (Å²) in [6, 6.07) is 1.46. The quantitative estimate of drug-likeness (QED) is 0.734. The first kappa shape index (κ1) is 12.6. The Hall–Kier alpha value is -0.380. The van der Waals surface area contributed by atoms with Crippen LogP contribution in [0.25, 0.3) is 0 Å². The molecule has 1 nitrogen and oxygen atoms in total. The van der Waals surface area contributed by atoms with Gasteiger partial charge in [-0.25, -0.2) is 8.78 Å². The highest BCUT2D eigenvalue weighted by molar-refractivity contribution is 6.30. The summed E-state index contributed by atoms with van der Waals surface area (Å²) in [5.41, 5.74) is 5.64. The van der Waals surface area contributed by atoms with E-state index in [4.69, 9.17) is 17.3 Å². The van der Waals surface area contributed by atoms with E-state index < -0.39 is 17.7 Å². The minimum Gasteiger partial charge on any atom is -0.324 e. The molecule has 1 aromatic carbocycles.